The SMILES string of the molecule is Cc1ccc(-c2cn(C(C)C(N)=O)nn2)cc1C(=O)Nc1ccccc1. The number of amides is 2. The third-order valence-corrected chi connectivity index (χ3v) is 4.13. The smallest absolute Gasteiger partial charge is 0.255 e. The number of carbonyl (C=O) groups excluding carboxylic acids is 2. The Morgan fingerprint density at radius 1 is 1.15 bits per heavy atom. The second kappa shape index (κ2) is 7.18. The Balaban J connectivity index is 1.88. The first kappa shape index (κ1) is 17.3. The summed E-state index contributed by atoms with van der Waals surface area (Å²) >= 11 is 0. The first-order chi connectivity index (χ1) is 12.5. The van der Waals surface area contributed by atoms with Crippen molar-refractivity contribution in [3.63, 3.8) is 0 Å². The van der Waals surface area contributed by atoms with Gasteiger partial charge in [0.15, 0.2) is 0 Å². The standard InChI is InChI=1S/C19H19N5O2/c1-12-8-9-14(17-11-24(23-22-17)13(2)18(20)25)10-16(12)19(26)21-15-6-4-3-5-7-15/h3-11,13H,1-2H3,(H2,20,25)(H,21,26). The molecule has 0 saturated carbocycles. The van der Waals surface area contributed by atoms with Gasteiger partial charge in [-0.25, -0.2) is 4.68 Å². The van der Waals surface area contributed by atoms with Gasteiger partial charge in [0, 0.05) is 16.8 Å². The molecular weight excluding hydrogens is 330 g/mol. The maximum Gasteiger partial charge on any atom is 0.255 e. The van der Waals surface area contributed by atoms with Crippen molar-refractivity contribution in [2.75, 3.05) is 5.32 Å². The van der Waals surface area contributed by atoms with Crippen molar-refractivity contribution in [3.8, 4) is 11.3 Å². The maximum atomic E-state index is 12.6. The van der Waals surface area contributed by atoms with Gasteiger partial charge in [-0.05, 0) is 37.6 Å². The van der Waals surface area contributed by atoms with E-state index in [4.69, 9.17) is 5.73 Å². The first-order valence-corrected chi connectivity index (χ1v) is 8.14. The highest BCUT2D eigenvalue weighted by molar-refractivity contribution is 6.05. The number of rotatable bonds is 5. The maximum absolute atomic E-state index is 12.6. The predicted octanol–water partition coefficient (Wildman–Crippen LogP) is 2.55. The number of hydrogen-bond acceptors (Lipinski definition) is 4. The van der Waals surface area contributed by atoms with Crippen molar-refractivity contribution >= 4 is 17.5 Å². The Morgan fingerprint density at radius 3 is 2.58 bits per heavy atom. The second-order valence-electron chi connectivity index (χ2n) is 6.01. The van der Waals surface area contributed by atoms with Gasteiger partial charge in [0.2, 0.25) is 5.91 Å². The molecule has 0 aliphatic heterocycles. The summed E-state index contributed by atoms with van der Waals surface area (Å²) in [6, 6.07) is 14.1. The van der Waals surface area contributed by atoms with Crippen LogP contribution in [0.25, 0.3) is 11.3 Å². The molecule has 0 saturated heterocycles. The van der Waals surface area contributed by atoms with Gasteiger partial charge >= 0.3 is 0 Å². The van der Waals surface area contributed by atoms with Crippen LogP contribution in [0, 0.1) is 6.92 Å². The zero-order valence-corrected chi connectivity index (χ0v) is 14.5. The third kappa shape index (κ3) is 3.61. The van der Waals surface area contributed by atoms with Crippen molar-refractivity contribution in [3.05, 3.63) is 65.9 Å². The number of nitrogens with one attached hydrogen (secondary N) is 1. The summed E-state index contributed by atoms with van der Waals surface area (Å²) in [6.45, 7) is 3.52. The van der Waals surface area contributed by atoms with E-state index in [1.807, 2.05) is 49.4 Å². The zero-order valence-electron chi connectivity index (χ0n) is 14.5. The van der Waals surface area contributed by atoms with Crippen molar-refractivity contribution in [1.82, 2.24) is 15.0 Å². The fraction of sp³-hybridized carbons (Fsp3) is 0.158. The molecule has 26 heavy (non-hydrogen) atoms. The fourth-order valence-electron chi connectivity index (χ4n) is 2.47. The van der Waals surface area contributed by atoms with Crippen LogP contribution in [0.1, 0.15) is 28.9 Å². The van der Waals surface area contributed by atoms with Gasteiger partial charge in [0.25, 0.3) is 5.91 Å². The van der Waals surface area contributed by atoms with E-state index < -0.39 is 11.9 Å². The molecule has 7 heteroatoms. The minimum atomic E-state index is -0.595. The molecule has 7 nitrogen and oxygen atoms in total. The van der Waals surface area contributed by atoms with Gasteiger partial charge in [-0.2, -0.15) is 0 Å². The monoisotopic (exact) mass is 349 g/mol. The summed E-state index contributed by atoms with van der Waals surface area (Å²) < 4.78 is 1.40. The number of aryl methyl sites for hydroxylation is 1. The highest BCUT2D eigenvalue weighted by Crippen LogP contribution is 2.22. The number of anilines is 1. The average molecular weight is 349 g/mol. The predicted molar refractivity (Wildman–Crippen MR) is 98.5 cm³/mol. The molecule has 0 radical (unpaired) electrons. The number of para-hydroxylation sites is 1. The average Bonchev–Trinajstić information content (AvgIpc) is 3.12. The van der Waals surface area contributed by atoms with E-state index in [1.54, 1.807) is 19.2 Å². The minimum absolute atomic E-state index is 0.201. The van der Waals surface area contributed by atoms with Gasteiger partial charge in [0.05, 0.1) is 6.20 Å². The van der Waals surface area contributed by atoms with Gasteiger partial charge < -0.3 is 11.1 Å². The summed E-state index contributed by atoms with van der Waals surface area (Å²) in [5.41, 5.74) is 8.71. The number of aromatic nitrogens is 3. The van der Waals surface area contributed by atoms with Crippen LogP contribution < -0.4 is 11.1 Å². The molecule has 1 aromatic heterocycles. The summed E-state index contributed by atoms with van der Waals surface area (Å²) in [4.78, 5) is 23.9. The normalized spacial score (nSPS) is 11.8. The minimum Gasteiger partial charge on any atom is -0.368 e. The van der Waals surface area contributed by atoms with Gasteiger partial charge in [-0.15, -0.1) is 5.10 Å². The fourth-order valence-corrected chi connectivity index (χ4v) is 2.47. The molecule has 3 N–H and O–H groups in total. The topological polar surface area (TPSA) is 103 Å². The number of carbonyl (C=O) groups is 2. The lowest BCUT2D eigenvalue weighted by Gasteiger charge is -2.09. The number of hydrogen-bond donors (Lipinski definition) is 2. The summed E-state index contributed by atoms with van der Waals surface area (Å²) in [5.74, 6) is -0.693. The molecule has 1 heterocycles. The number of nitrogens with two attached hydrogens (primary N) is 1. The zero-order chi connectivity index (χ0) is 18.7. The van der Waals surface area contributed by atoms with E-state index >= 15 is 0 Å². The molecule has 0 aliphatic rings. The van der Waals surface area contributed by atoms with Gasteiger partial charge in [0.1, 0.15) is 11.7 Å². The van der Waals surface area contributed by atoms with Crippen LogP contribution >= 0.6 is 0 Å². The van der Waals surface area contributed by atoms with Crippen molar-refractivity contribution < 1.29 is 9.59 Å². The summed E-state index contributed by atoms with van der Waals surface area (Å²) in [6.07, 6.45) is 1.64. The highest BCUT2D eigenvalue weighted by atomic mass is 16.2. The van der Waals surface area contributed by atoms with Gasteiger partial charge in [-0.1, -0.05) is 35.5 Å². The molecular formula is C19H19N5O2. The molecule has 0 fully saturated rings. The number of primary amides is 1. The van der Waals surface area contributed by atoms with E-state index in [2.05, 4.69) is 15.6 Å². The molecule has 0 spiro atoms. The van der Waals surface area contributed by atoms with E-state index in [1.165, 1.54) is 4.68 Å². The lowest BCUT2D eigenvalue weighted by atomic mass is 10.0. The van der Waals surface area contributed by atoms with Crippen molar-refractivity contribution in [1.29, 1.82) is 0 Å². The molecule has 0 bridgehead atoms. The van der Waals surface area contributed by atoms with E-state index in [9.17, 15) is 9.59 Å². The highest BCUT2D eigenvalue weighted by Gasteiger charge is 2.16. The van der Waals surface area contributed by atoms with Crippen LogP contribution in [0.4, 0.5) is 5.69 Å². The summed E-state index contributed by atoms with van der Waals surface area (Å²) in [5, 5.41) is 10.9. The molecule has 2 aromatic carbocycles. The first-order valence-electron chi connectivity index (χ1n) is 8.14. The Hall–Kier alpha value is -3.48. The number of benzene rings is 2. The molecule has 1 unspecified atom stereocenters. The van der Waals surface area contributed by atoms with Crippen LogP contribution in [0.5, 0.6) is 0 Å². The lowest BCUT2D eigenvalue weighted by Crippen LogP contribution is -2.24. The van der Waals surface area contributed by atoms with Crippen LogP contribution in [0.15, 0.2) is 54.7 Å². The molecule has 2 amide bonds. The van der Waals surface area contributed by atoms with Crippen LogP contribution in [0.3, 0.4) is 0 Å². The van der Waals surface area contributed by atoms with E-state index in [0.717, 1.165) is 16.8 Å². The Morgan fingerprint density at radius 2 is 1.88 bits per heavy atom. The Labute approximate surface area is 150 Å². The van der Waals surface area contributed by atoms with Crippen LogP contribution in [-0.2, 0) is 4.79 Å². The summed E-state index contributed by atoms with van der Waals surface area (Å²) in [7, 11) is 0. The van der Waals surface area contributed by atoms with E-state index in [0.29, 0.717) is 11.3 Å². The third-order valence-electron chi connectivity index (χ3n) is 4.13. The number of nitrogens with zero attached hydrogens (tertiary/aromatic N) is 3. The molecule has 3 rings (SSSR count). The largest absolute Gasteiger partial charge is 0.368 e. The van der Waals surface area contributed by atoms with E-state index in [-0.39, 0.29) is 5.91 Å². The molecule has 132 valence electrons. The quantitative estimate of drug-likeness (QED) is 0.739. The second-order valence-corrected chi connectivity index (χ2v) is 6.01. The molecule has 1 atom stereocenters. The lowest BCUT2D eigenvalue weighted by molar-refractivity contribution is -0.120. The molecule has 3 aromatic rings. The van der Waals surface area contributed by atoms with Crippen molar-refractivity contribution in [2.24, 2.45) is 5.73 Å². The Bertz CT molecular complexity index is 950. The molecule has 0 aliphatic carbocycles. The van der Waals surface area contributed by atoms with Crippen molar-refractivity contribution in [2.45, 2.75) is 19.9 Å². The van der Waals surface area contributed by atoms with Crippen LogP contribution in [0.2, 0.25) is 0 Å². The Kier molecular flexibility index (Phi) is 4.79. The van der Waals surface area contributed by atoms with Crippen LogP contribution in [-0.4, -0.2) is 26.8 Å². The van der Waals surface area contributed by atoms with Gasteiger partial charge in [-0.3, -0.25) is 9.59 Å².